The molecule has 0 saturated carbocycles. The summed E-state index contributed by atoms with van der Waals surface area (Å²) in [5.41, 5.74) is 1.29. The van der Waals surface area contributed by atoms with Crippen molar-refractivity contribution < 1.29 is 18.7 Å². The number of nitrogens with zero attached hydrogens (tertiary/aromatic N) is 1. The van der Waals surface area contributed by atoms with Gasteiger partial charge in [0.2, 0.25) is 5.91 Å². The van der Waals surface area contributed by atoms with Gasteiger partial charge in [-0.25, -0.2) is 0 Å². The van der Waals surface area contributed by atoms with Crippen LogP contribution < -0.4 is 15.0 Å². The van der Waals surface area contributed by atoms with Gasteiger partial charge in [-0.3, -0.25) is 9.59 Å². The molecule has 1 aliphatic heterocycles. The van der Waals surface area contributed by atoms with Crippen LogP contribution in [0, 0.1) is 0 Å². The molecular weight excluding hydrogens is 376 g/mol. The number of methoxy groups -OCH3 is 1. The van der Waals surface area contributed by atoms with Gasteiger partial charge in [-0.2, -0.15) is 0 Å². The van der Waals surface area contributed by atoms with E-state index in [1.807, 2.05) is 0 Å². The standard InChI is InChI=1S/C17H17BrN2O4/c1-23-14-10-11(19-17(22)13-7-8-15(18)24-13)5-6-12(14)20-9-3-2-4-16(20)21/h5-8,10H,2-4,9H2,1H3,(H,19,22). The number of carbonyl (C=O) groups is 2. The number of ether oxygens (including phenoxy) is 1. The highest BCUT2D eigenvalue weighted by molar-refractivity contribution is 9.10. The smallest absolute Gasteiger partial charge is 0.291 e. The van der Waals surface area contributed by atoms with Gasteiger partial charge in [0.1, 0.15) is 5.75 Å². The molecule has 0 unspecified atom stereocenters. The van der Waals surface area contributed by atoms with Crippen LogP contribution >= 0.6 is 15.9 Å². The molecule has 6 nitrogen and oxygen atoms in total. The van der Waals surface area contributed by atoms with Crippen molar-refractivity contribution in [3.63, 3.8) is 0 Å². The molecule has 2 amide bonds. The molecular formula is C17H17BrN2O4. The second-order valence-electron chi connectivity index (χ2n) is 5.45. The Morgan fingerprint density at radius 1 is 1.29 bits per heavy atom. The zero-order valence-electron chi connectivity index (χ0n) is 13.2. The molecule has 1 aromatic carbocycles. The fourth-order valence-electron chi connectivity index (χ4n) is 2.67. The summed E-state index contributed by atoms with van der Waals surface area (Å²) >= 11 is 3.16. The first-order chi connectivity index (χ1) is 11.6. The third kappa shape index (κ3) is 3.46. The molecule has 24 heavy (non-hydrogen) atoms. The Hall–Kier alpha value is -2.28. The lowest BCUT2D eigenvalue weighted by atomic mass is 10.1. The van der Waals surface area contributed by atoms with E-state index in [1.54, 1.807) is 42.3 Å². The van der Waals surface area contributed by atoms with Crippen LogP contribution in [0.15, 0.2) is 39.4 Å². The predicted octanol–water partition coefficient (Wildman–Crippen LogP) is 3.82. The van der Waals surface area contributed by atoms with Crippen molar-refractivity contribution in [2.24, 2.45) is 0 Å². The Labute approximate surface area is 147 Å². The molecule has 3 rings (SSSR count). The maximum absolute atomic E-state index is 12.1. The van der Waals surface area contributed by atoms with Crippen molar-refractivity contribution in [3.05, 3.63) is 40.8 Å². The SMILES string of the molecule is COc1cc(NC(=O)c2ccc(Br)o2)ccc1N1CCCCC1=O. The number of piperidine rings is 1. The maximum Gasteiger partial charge on any atom is 0.291 e. The quantitative estimate of drug-likeness (QED) is 0.858. The zero-order valence-corrected chi connectivity index (χ0v) is 14.8. The number of benzene rings is 1. The lowest BCUT2D eigenvalue weighted by Crippen LogP contribution is -2.35. The largest absolute Gasteiger partial charge is 0.494 e. The predicted molar refractivity (Wildman–Crippen MR) is 93.6 cm³/mol. The van der Waals surface area contributed by atoms with Crippen molar-refractivity contribution in [3.8, 4) is 5.75 Å². The van der Waals surface area contributed by atoms with Crippen LogP contribution in [-0.4, -0.2) is 25.5 Å². The van der Waals surface area contributed by atoms with E-state index in [4.69, 9.17) is 9.15 Å². The van der Waals surface area contributed by atoms with Gasteiger partial charge in [0.05, 0.1) is 12.8 Å². The van der Waals surface area contributed by atoms with Gasteiger partial charge in [-0.15, -0.1) is 0 Å². The highest BCUT2D eigenvalue weighted by Gasteiger charge is 2.23. The van der Waals surface area contributed by atoms with Gasteiger partial charge in [-0.05, 0) is 53.0 Å². The minimum absolute atomic E-state index is 0.0942. The summed E-state index contributed by atoms with van der Waals surface area (Å²) in [5.74, 6) is 0.487. The number of carbonyl (C=O) groups excluding carboxylic acids is 2. The number of amides is 2. The van der Waals surface area contributed by atoms with E-state index in [-0.39, 0.29) is 17.6 Å². The van der Waals surface area contributed by atoms with Crippen molar-refractivity contribution in [1.29, 1.82) is 0 Å². The number of hydrogen-bond acceptors (Lipinski definition) is 4. The molecule has 0 aliphatic carbocycles. The van der Waals surface area contributed by atoms with Crippen molar-refractivity contribution >= 4 is 39.1 Å². The third-order valence-corrected chi connectivity index (χ3v) is 4.27. The van der Waals surface area contributed by atoms with Crippen LogP contribution in [0.3, 0.4) is 0 Å². The summed E-state index contributed by atoms with van der Waals surface area (Å²) in [6.07, 6.45) is 2.44. The normalized spacial score (nSPS) is 14.6. The van der Waals surface area contributed by atoms with Crippen LogP contribution in [0.4, 0.5) is 11.4 Å². The van der Waals surface area contributed by atoms with E-state index in [9.17, 15) is 9.59 Å². The first-order valence-corrected chi connectivity index (χ1v) is 8.43. The number of hydrogen-bond donors (Lipinski definition) is 1. The van der Waals surface area contributed by atoms with E-state index in [0.717, 1.165) is 18.5 Å². The average Bonchev–Trinajstić information content (AvgIpc) is 3.02. The summed E-state index contributed by atoms with van der Waals surface area (Å²) < 4.78 is 11.1. The molecule has 0 spiro atoms. The van der Waals surface area contributed by atoms with Gasteiger partial charge in [0.25, 0.3) is 5.91 Å². The molecule has 1 aromatic heterocycles. The van der Waals surface area contributed by atoms with E-state index < -0.39 is 0 Å². The van der Waals surface area contributed by atoms with Crippen molar-refractivity contribution in [2.75, 3.05) is 23.9 Å². The number of rotatable bonds is 4. The number of anilines is 2. The molecule has 7 heteroatoms. The first-order valence-electron chi connectivity index (χ1n) is 7.63. The van der Waals surface area contributed by atoms with E-state index >= 15 is 0 Å². The van der Waals surface area contributed by atoms with E-state index in [2.05, 4.69) is 21.2 Å². The molecule has 1 aliphatic rings. The second-order valence-corrected chi connectivity index (χ2v) is 6.23. The van der Waals surface area contributed by atoms with E-state index in [1.165, 1.54) is 0 Å². The van der Waals surface area contributed by atoms with Crippen LogP contribution in [0.5, 0.6) is 5.75 Å². The minimum Gasteiger partial charge on any atom is -0.494 e. The van der Waals surface area contributed by atoms with Gasteiger partial charge in [0.15, 0.2) is 10.4 Å². The van der Waals surface area contributed by atoms with Crippen LogP contribution in [0.2, 0.25) is 0 Å². The van der Waals surface area contributed by atoms with Crippen molar-refractivity contribution in [2.45, 2.75) is 19.3 Å². The Balaban J connectivity index is 1.81. The number of halogens is 1. The molecule has 2 aromatic rings. The molecule has 0 radical (unpaired) electrons. The van der Waals surface area contributed by atoms with Gasteiger partial charge >= 0.3 is 0 Å². The zero-order chi connectivity index (χ0) is 17.1. The Morgan fingerprint density at radius 3 is 2.79 bits per heavy atom. The molecule has 0 bridgehead atoms. The summed E-state index contributed by atoms with van der Waals surface area (Å²) in [6, 6.07) is 8.47. The van der Waals surface area contributed by atoms with Gasteiger partial charge < -0.3 is 19.4 Å². The van der Waals surface area contributed by atoms with Gasteiger partial charge in [0, 0.05) is 24.7 Å². The van der Waals surface area contributed by atoms with E-state index in [0.29, 0.717) is 29.1 Å². The highest BCUT2D eigenvalue weighted by atomic mass is 79.9. The number of nitrogens with one attached hydrogen (secondary N) is 1. The molecule has 2 heterocycles. The first kappa shape index (κ1) is 16.6. The monoisotopic (exact) mass is 392 g/mol. The van der Waals surface area contributed by atoms with Crippen LogP contribution in [-0.2, 0) is 4.79 Å². The fraction of sp³-hybridized carbons (Fsp3) is 0.294. The molecule has 0 atom stereocenters. The molecule has 1 saturated heterocycles. The average molecular weight is 393 g/mol. The fourth-order valence-corrected chi connectivity index (χ4v) is 2.97. The third-order valence-electron chi connectivity index (χ3n) is 3.85. The summed E-state index contributed by atoms with van der Waals surface area (Å²) in [6.45, 7) is 0.682. The summed E-state index contributed by atoms with van der Waals surface area (Å²) in [4.78, 5) is 26.0. The molecule has 1 fully saturated rings. The molecule has 126 valence electrons. The van der Waals surface area contributed by atoms with Crippen LogP contribution in [0.25, 0.3) is 0 Å². The maximum atomic E-state index is 12.1. The highest BCUT2D eigenvalue weighted by Crippen LogP contribution is 2.33. The minimum atomic E-state index is -0.357. The summed E-state index contributed by atoms with van der Waals surface area (Å²) in [7, 11) is 1.54. The second kappa shape index (κ2) is 7.09. The van der Waals surface area contributed by atoms with Crippen LogP contribution in [0.1, 0.15) is 29.8 Å². The lowest BCUT2D eigenvalue weighted by molar-refractivity contribution is -0.119. The lowest BCUT2D eigenvalue weighted by Gasteiger charge is -2.28. The topological polar surface area (TPSA) is 71.8 Å². The Kier molecular flexibility index (Phi) is 4.89. The van der Waals surface area contributed by atoms with Crippen molar-refractivity contribution in [1.82, 2.24) is 0 Å². The molecule has 1 N–H and O–H groups in total. The number of furan rings is 1. The van der Waals surface area contributed by atoms with Gasteiger partial charge in [-0.1, -0.05) is 0 Å². The Bertz CT molecular complexity index is 772. The Morgan fingerprint density at radius 2 is 2.12 bits per heavy atom. The summed E-state index contributed by atoms with van der Waals surface area (Å²) in [5, 5.41) is 2.75.